The predicted octanol–water partition coefficient (Wildman–Crippen LogP) is 19.1. The lowest BCUT2D eigenvalue weighted by Crippen LogP contribution is -2.23. The van der Waals surface area contributed by atoms with Gasteiger partial charge in [-0.15, -0.1) is 0 Å². The summed E-state index contributed by atoms with van der Waals surface area (Å²) in [7, 11) is 0. The van der Waals surface area contributed by atoms with Crippen LogP contribution in [0.3, 0.4) is 0 Å². The zero-order chi connectivity index (χ0) is 47.3. The van der Waals surface area contributed by atoms with Gasteiger partial charge in [0.1, 0.15) is 0 Å². The van der Waals surface area contributed by atoms with Crippen LogP contribution in [0, 0.1) is 0 Å². The van der Waals surface area contributed by atoms with E-state index in [1.807, 2.05) is 0 Å². The van der Waals surface area contributed by atoms with Crippen LogP contribution in [-0.4, -0.2) is 0 Å². The van der Waals surface area contributed by atoms with Crippen molar-refractivity contribution >= 4 is 38.6 Å². The molecule has 0 amide bonds. The fraction of sp³-hybridized carbons (Fsp3) is 0.0286. The highest BCUT2D eigenvalue weighted by molar-refractivity contribution is 6.22. The van der Waals surface area contributed by atoms with E-state index in [9.17, 15) is 0 Å². The summed E-state index contributed by atoms with van der Waals surface area (Å²) in [4.78, 5) is 2.53. The molecule has 12 aromatic carbocycles. The van der Waals surface area contributed by atoms with Crippen LogP contribution in [0.25, 0.3) is 88.3 Å². The highest BCUT2D eigenvalue weighted by Crippen LogP contribution is 2.55. The Morgan fingerprint density at radius 2 is 0.761 bits per heavy atom. The van der Waals surface area contributed by atoms with Crippen LogP contribution in [-0.2, 0) is 5.41 Å². The molecule has 0 spiro atoms. The van der Waals surface area contributed by atoms with Crippen molar-refractivity contribution in [1.29, 1.82) is 0 Å². The van der Waals surface area contributed by atoms with Gasteiger partial charge < -0.3 is 4.90 Å². The van der Waals surface area contributed by atoms with Crippen molar-refractivity contribution in [2.24, 2.45) is 0 Å². The molecule has 13 rings (SSSR count). The van der Waals surface area contributed by atoms with Gasteiger partial charge in [0.15, 0.2) is 0 Å². The molecule has 0 N–H and O–H groups in total. The van der Waals surface area contributed by atoms with Crippen molar-refractivity contribution in [3.63, 3.8) is 0 Å². The van der Waals surface area contributed by atoms with E-state index >= 15 is 0 Å². The maximum absolute atomic E-state index is 2.53. The largest absolute Gasteiger partial charge is 0.309 e. The van der Waals surface area contributed by atoms with E-state index in [4.69, 9.17) is 0 Å². The molecular weight excluding hydrogens is 855 g/mol. The van der Waals surface area contributed by atoms with Gasteiger partial charge in [0.2, 0.25) is 0 Å². The van der Waals surface area contributed by atoms with Crippen molar-refractivity contribution in [3.05, 3.63) is 296 Å². The van der Waals surface area contributed by atoms with Crippen molar-refractivity contribution in [2.75, 3.05) is 4.90 Å². The first-order valence-electron chi connectivity index (χ1n) is 24.7. The molecular formula is C70H49N. The lowest BCUT2D eigenvalue weighted by molar-refractivity contribution is 0.714. The van der Waals surface area contributed by atoms with E-state index < -0.39 is 0 Å². The van der Waals surface area contributed by atoms with E-state index in [1.54, 1.807) is 0 Å². The fourth-order valence-electron chi connectivity index (χ4n) is 11.6. The number of hydrogen-bond acceptors (Lipinski definition) is 1. The van der Waals surface area contributed by atoms with E-state index in [0.29, 0.717) is 0 Å². The van der Waals surface area contributed by atoms with Crippen molar-refractivity contribution in [2.45, 2.75) is 12.3 Å². The number of hydrogen-bond donors (Lipinski definition) is 0. The van der Waals surface area contributed by atoms with Crippen LogP contribution in [0.15, 0.2) is 279 Å². The third kappa shape index (κ3) is 7.08. The van der Waals surface area contributed by atoms with Gasteiger partial charge in [0.25, 0.3) is 0 Å². The van der Waals surface area contributed by atoms with Crippen molar-refractivity contribution in [3.8, 4) is 66.8 Å². The average molecular weight is 904 g/mol. The minimum absolute atomic E-state index is 0.376. The minimum atomic E-state index is -0.376. The highest BCUT2D eigenvalue weighted by Gasteiger charge is 2.41. The Hall–Kier alpha value is -9.04. The topological polar surface area (TPSA) is 3.24 Å². The molecule has 71 heavy (non-hydrogen) atoms. The summed E-state index contributed by atoms with van der Waals surface area (Å²) in [6.45, 7) is 2.41. The van der Waals surface area contributed by atoms with Gasteiger partial charge >= 0.3 is 0 Å². The Balaban J connectivity index is 1.09. The molecule has 0 aliphatic heterocycles. The third-order valence-corrected chi connectivity index (χ3v) is 14.9. The van der Waals surface area contributed by atoms with Crippen molar-refractivity contribution in [1.82, 2.24) is 0 Å². The van der Waals surface area contributed by atoms with Gasteiger partial charge in [-0.2, -0.15) is 0 Å². The number of para-hydroxylation sites is 1. The standard InChI is InChI=1S/C70H49N/c1-70(54-31-15-6-16-32-54)64-37-21-19-35-59(64)60-43-41-55(47-65(60)70)71(67-44-40-52(48-23-7-2-8-24-48)45-62(67)49-25-9-3-10-26-49)66-38-22-20-33-56(66)53-39-42-58-57-34-17-18-36-61(57)68(50-27-11-4-12-28-50)69(63(58)46-53)51-29-13-5-14-30-51/h2-47H,1H3. The molecule has 0 saturated heterocycles. The second-order valence-corrected chi connectivity index (χ2v) is 18.9. The quantitative estimate of drug-likeness (QED) is 0.130. The number of benzene rings is 12. The Morgan fingerprint density at radius 1 is 0.268 bits per heavy atom. The molecule has 1 atom stereocenters. The first-order valence-corrected chi connectivity index (χ1v) is 24.7. The number of rotatable bonds is 9. The van der Waals surface area contributed by atoms with Gasteiger partial charge in [-0.25, -0.2) is 0 Å². The van der Waals surface area contributed by atoms with E-state index in [2.05, 4.69) is 291 Å². The van der Waals surface area contributed by atoms with Gasteiger partial charge in [-0.1, -0.05) is 243 Å². The molecule has 1 aliphatic carbocycles. The lowest BCUT2D eigenvalue weighted by Gasteiger charge is -2.33. The zero-order valence-corrected chi connectivity index (χ0v) is 39.5. The molecule has 0 bridgehead atoms. The molecule has 0 aromatic heterocycles. The van der Waals surface area contributed by atoms with Gasteiger partial charge in [0, 0.05) is 22.2 Å². The maximum atomic E-state index is 2.53. The molecule has 12 aromatic rings. The van der Waals surface area contributed by atoms with Crippen molar-refractivity contribution < 1.29 is 0 Å². The lowest BCUT2D eigenvalue weighted by atomic mass is 9.74. The zero-order valence-electron chi connectivity index (χ0n) is 39.5. The molecule has 0 radical (unpaired) electrons. The Labute approximate surface area is 416 Å². The summed E-state index contributed by atoms with van der Waals surface area (Å²) in [5, 5.41) is 4.95. The second kappa shape index (κ2) is 17.5. The Kier molecular flexibility index (Phi) is 10.4. The smallest absolute Gasteiger partial charge is 0.0540 e. The summed E-state index contributed by atoms with van der Waals surface area (Å²) in [5.41, 5.74) is 21.2. The number of anilines is 3. The van der Waals surface area contributed by atoms with Crippen LogP contribution >= 0.6 is 0 Å². The Bertz CT molecular complexity index is 3920. The average Bonchev–Trinajstić information content (AvgIpc) is 3.71. The number of nitrogens with zero attached hydrogens (tertiary/aromatic N) is 1. The van der Waals surface area contributed by atoms with Crippen LogP contribution in [0.5, 0.6) is 0 Å². The molecule has 0 heterocycles. The maximum Gasteiger partial charge on any atom is 0.0540 e. The van der Waals surface area contributed by atoms with Crippen LogP contribution in [0.2, 0.25) is 0 Å². The predicted molar refractivity (Wildman–Crippen MR) is 301 cm³/mol. The highest BCUT2D eigenvalue weighted by atomic mass is 15.1. The first-order chi connectivity index (χ1) is 35.1. The van der Waals surface area contributed by atoms with Crippen LogP contribution in [0.4, 0.5) is 17.1 Å². The summed E-state index contributed by atoms with van der Waals surface area (Å²) in [6.07, 6.45) is 0. The minimum Gasteiger partial charge on any atom is -0.309 e. The summed E-state index contributed by atoms with van der Waals surface area (Å²) >= 11 is 0. The van der Waals surface area contributed by atoms with E-state index in [-0.39, 0.29) is 5.41 Å². The summed E-state index contributed by atoms with van der Waals surface area (Å²) in [6, 6.07) is 103. The third-order valence-electron chi connectivity index (χ3n) is 14.9. The molecule has 334 valence electrons. The van der Waals surface area contributed by atoms with Gasteiger partial charge in [-0.3, -0.25) is 0 Å². The summed E-state index contributed by atoms with van der Waals surface area (Å²) in [5.74, 6) is 0. The fourth-order valence-corrected chi connectivity index (χ4v) is 11.6. The SMILES string of the molecule is CC1(c2ccccc2)c2ccccc2-c2ccc(N(c3ccccc3-c3ccc4c(c3)c(-c3ccccc3)c(-c3ccccc3)c3ccccc34)c3ccc(-c4ccccc4)cc3-c3ccccc3)cc21. The Morgan fingerprint density at radius 3 is 1.45 bits per heavy atom. The molecule has 1 nitrogen and oxygen atoms in total. The first kappa shape index (κ1) is 42.1. The summed E-state index contributed by atoms with van der Waals surface area (Å²) < 4.78 is 0. The van der Waals surface area contributed by atoms with Crippen LogP contribution in [0.1, 0.15) is 23.6 Å². The molecule has 1 unspecified atom stereocenters. The molecule has 0 fully saturated rings. The normalized spacial score (nSPS) is 13.8. The van der Waals surface area contributed by atoms with Crippen LogP contribution < -0.4 is 4.90 Å². The molecule has 1 aliphatic rings. The number of fused-ring (bicyclic) bond motifs is 6. The van der Waals surface area contributed by atoms with E-state index in [1.165, 1.54) is 82.7 Å². The monoisotopic (exact) mass is 903 g/mol. The molecule has 1 heteroatoms. The van der Waals surface area contributed by atoms with E-state index in [0.717, 1.165) is 39.3 Å². The van der Waals surface area contributed by atoms with Gasteiger partial charge in [0.05, 0.1) is 11.4 Å². The second-order valence-electron chi connectivity index (χ2n) is 18.9. The van der Waals surface area contributed by atoms with Gasteiger partial charge in [-0.05, 0) is 137 Å². The molecule has 0 saturated carbocycles.